The van der Waals surface area contributed by atoms with Crippen LogP contribution in [-0.4, -0.2) is 10.8 Å². The van der Waals surface area contributed by atoms with Crippen LogP contribution < -0.4 is 0 Å². The fourth-order valence-electron chi connectivity index (χ4n) is 5.55. The van der Waals surface area contributed by atoms with Gasteiger partial charge in [0, 0.05) is 23.6 Å². The molecule has 1 heterocycles. The molecule has 0 saturated heterocycles. The van der Waals surface area contributed by atoms with Crippen molar-refractivity contribution in [3.8, 4) is 11.1 Å². The molecule has 1 saturated carbocycles. The van der Waals surface area contributed by atoms with E-state index < -0.39 is 0 Å². The van der Waals surface area contributed by atoms with Crippen molar-refractivity contribution < 1.29 is 9.18 Å². The summed E-state index contributed by atoms with van der Waals surface area (Å²) in [5.41, 5.74) is 5.16. The van der Waals surface area contributed by atoms with Crippen LogP contribution in [-0.2, 0) is 0 Å². The molecule has 0 bridgehead atoms. The van der Waals surface area contributed by atoms with Crippen molar-refractivity contribution in [2.75, 3.05) is 0 Å². The molecule has 0 aliphatic heterocycles. The Bertz CT molecular complexity index is 1270. The number of pyridine rings is 1. The molecule has 34 heavy (non-hydrogen) atoms. The number of benzene rings is 3. The SMILES string of the molecule is C[C@@H](CC(=O)c1ccc(-c2ccccc2)cc1)C1CCC(c2ccnc3ccc(F)cc23)CC1. The molecule has 1 aliphatic carbocycles. The van der Waals surface area contributed by atoms with E-state index in [4.69, 9.17) is 0 Å². The summed E-state index contributed by atoms with van der Waals surface area (Å²) in [7, 11) is 0. The molecule has 1 fully saturated rings. The van der Waals surface area contributed by atoms with E-state index in [1.165, 1.54) is 11.6 Å². The number of fused-ring (bicyclic) bond motifs is 1. The minimum absolute atomic E-state index is 0.209. The number of rotatable bonds is 6. The van der Waals surface area contributed by atoms with Gasteiger partial charge in [-0.3, -0.25) is 9.78 Å². The number of aromatic nitrogens is 1. The monoisotopic (exact) mass is 451 g/mol. The van der Waals surface area contributed by atoms with Gasteiger partial charge in [0.1, 0.15) is 5.82 Å². The molecule has 0 amide bonds. The third-order valence-electron chi connectivity index (χ3n) is 7.58. The highest BCUT2D eigenvalue weighted by Crippen LogP contribution is 2.41. The van der Waals surface area contributed by atoms with E-state index in [1.807, 2.05) is 48.7 Å². The van der Waals surface area contributed by atoms with Gasteiger partial charge in [-0.15, -0.1) is 0 Å². The predicted octanol–water partition coefficient (Wildman–Crippen LogP) is 8.22. The largest absolute Gasteiger partial charge is 0.294 e. The van der Waals surface area contributed by atoms with E-state index in [2.05, 4.69) is 30.1 Å². The quantitative estimate of drug-likeness (QED) is 0.276. The summed E-state index contributed by atoms with van der Waals surface area (Å²) in [6, 6.07) is 25.2. The second kappa shape index (κ2) is 9.89. The summed E-state index contributed by atoms with van der Waals surface area (Å²) in [6.45, 7) is 2.22. The van der Waals surface area contributed by atoms with Crippen molar-refractivity contribution in [3.63, 3.8) is 0 Å². The van der Waals surface area contributed by atoms with E-state index in [1.54, 1.807) is 12.1 Å². The zero-order valence-electron chi connectivity index (χ0n) is 19.6. The second-order valence-electron chi connectivity index (χ2n) is 9.72. The van der Waals surface area contributed by atoms with E-state index in [-0.39, 0.29) is 11.6 Å². The lowest BCUT2D eigenvalue weighted by molar-refractivity contribution is 0.0937. The van der Waals surface area contributed by atoms with Gasteiger partial charge in [0.15, 0.2) is 5.78 Å². The maximum atomic E-state index is 13.9. The molecule has 0 radical (unpaired) electrons. The van der Waals surface area contributed by atoms with Gasteiger partial charge < -0.3 is 0 Å². The lowest BCUT2D eigenvalue weighted by atomic mass is 9.72. The van der Waals surface area contributed by atoms with Gasteiger partial charge in [-0.1, -0.05) is 61.5 Å². The molecule has 172 valence electrons. The molecule has 4 aromatic rings. The number of nitrogens with zero attached hydrogens (tertiary/aromatic N) is 1. The van der Waals surface area contributed by atoms with E-state index in [9.17, 15) is 9.18 Å². The molecule has 1 aromatic heterocycles. The van der Waals surface area contributed by atoms with Crippen molar-refractivity contribution in [1.29, 1.82) is 0 Å². The first kappa shape index (κ1) is 22.5. The lowest BCUT2D eigenvalue weighted by Crippen LogP contribution is -2.21. The third kappa shape index (κ3) is 4.79. The summed E-state index contributed by atoms with van der Waals surface area (Å²) >= 11 is 0. The van der Waals surface area contributed by atoms with Crippen LogP contribution in [0.1, 0.15) is 60.9 Å². The molecule has 0 N–H and O–H groups in total. The standard InChI is InChI=1S/C31H30FNO/c1-21(19-31(34)26-13-9-24(10-14-26)23-5-3-2-4-6-23)22-7-11-25(12-8-22)28-17-18-33-30-16-15-27(32)20-29(28)30/h2-6,9-10,13-18,20-22,25H,7-8,11-12,19H2,1H3/t21-,22?,25?/m0/s1. The molecule has 2 nitrogen and oxygen atoms in total. The van der Waals surface area contributed by atoms with Crippen molar-refractivity contribution in [2.24, 2.45) is 11.8 Å². The molecular formula is C31H30FNO. The molecule has 1 atom stereocenters. The maximum Gasteiger partial charge on any atom is 0.163 e. The van der Waals surface area contributed by atoms with Gasteiger partial charge in [-0.2, -0.15) is 0 Å². The Balaban J connectivity index is 1.20. The highest BCUT2D eigenvalue weighted by atomic mass is 19.1. The average Bonchev–Trinajstić information content (AvgIpc) is 2.89. The molecule has 1 aliphatic rings. The zero-order chi connectivity index (χ0) is 23.5. The van der Waals surface area contributed by atoms with Crippen LogP contribution in [0.2, 0.25) is 0 Å². The number of carbonyl (C=O) groups is 1. The fourth-order valence-corrected chi connectivity index (χ4v) is 5.55. The van der Waals surface area contributed by atoms with Gasteiger partial charge in [0.05, 0.1) is 5.52 Å². The van der Waals surface area contributed by atoms with Crippen LogP contribution in [0, 0.1) is 17.7 Å². The smallest absolute Gasteiger partial charge is 0.163 e. The molecular weight excluding hydrogens is 421 g/mol. The van der Waals surface area contributed by atoms with Gasteiger partial charge >= 0.3 is 0 Å². The van der Waals surface area contributed by atoms with Crippen LogP contribution in [0.3, 0.4) is 0 Å². The van der Waals surface area contributed by atoms with Crippen molar-refractivity contribution in [1.82, 2.24) is 4.98 Å². The summed E-state index contributed by atoms with van der Waals surface area (Å²) in [6.07, 6.45) is 6.78. The Hall–Kier alpha value is -3.33. The van der Waals surface area contributed by atoms with E-state index in [0.29, 0.717) is 24.2 Å². The minimum Gasteiger partial charge on any atom is -0.294 e. The Morgan fingerprint density at radius 1 is 0.912 bits per heavy atom. The average molecular weight is 452 g/mol. The van der Waals surface area contributed by atoms with Crippen molar-refractivity contribution in [3.05, 3.63) is 102 Å². The van der Waals surface area contributed by atoms with Gasteiger partial charge in [-0.05, 0) is 84.4 Å². The molecule has 3 aromatic carbocycles. The Kier molecular flexibility index (Phi) is 6.53. The topological polar surface area (TPSA) is 30.0 Å². The number of ketones is 1. The first-order chi connectivity index (χ1) is 16.6. The number of halogens is 1. The van der Waals surface area contributed by atoms with Gasteiger partial charge in [-0.25, -0.2) is 4.39 Å². The predicted molar refractivity (Wildman–Crippen MR) is 136 cm³/mol. The Morgan fingerprint density at radius 3 is 2.35 bits per heavy atom. The van der Waals surface area contributed by atoms with Crippen LogP contribution in [0.15, 0.2) is 85.1 Å². The molecule has 0 unspecified atom stereocenters. The summed E-state index contributed by atoms with van der Waals surface area (Å²) < 4.78 is 13.9. The van der Waals surface area contributed by atoms with Crippen molar-refractivity contribution >= 4 is 16.7 Å². The number of hydrogen-bond acceptors (Lipinski definition) is 2. The van der Waals surface area contributed by atoms with E-state index >= 15 is 0 Å². The second-order valence-corrected chi connectivity index (χ2v) is 9.72. The van der Waals surface area contributed by atoms with E-state index in [0.717, 1.165) is 53.3 Å². The molecule has 0 spiro atoms. The van der Waals surface area contributed by atoms with Crippen LogP contribution in [0.5, 0.6) is 0 Å². The number of carbonyl (C=O) groups excluding carboxylic acids is 1. The summed E-state index contributed by atoms with van der Waals surface area (Å²) in [5, 5.41) is 0.938. The highest BCUT2D eigenvalue weighted by molar-refractivity contribution is 5.96. The zero-order valence-corrected chi connectivity index (χ0v) is 19.6. The van der Waals surface area contributed by atoms with Crippen molar-refractivity contribution in [2.45, 2.75) is 44.9 Å². The third-order valence-corrected chi connectivity index (χ3v) is 7.58. The van der Waals surface area contributed by atoms with Crippen LogP contribution in [0.4, 0.5) is 4.39 Å². The lowest BCUT2D eigenvalue weighted by Gasteiger charge is -2.32. The first-order valence-electron chi connectivity index (χ1n) is 12.3. The highest BCUT2D eigenvalue weighted by Gasteiger charge is 2.28. The number of hydrogen-bond donors (Lipinski definition) is 0. The Morgan fingerprint density at radius 2 is 1.62 bits per heavy atom. The Labute approximate surface area is 200 Å². The minimum atomic E-state index is -0.209. The van der Waals surface area contributed by atoms with Crippen LogP contribution >= 0.6 is 0 Å². The molecule has 3 heteroatoms. The fraction of sp³-hybridized carbons (Fsp3) is 0.290. The normalized spacial score (nSPS) is 19.1. The molecule has 5 rings (SSSR count). The first-order valence-corrected chi connectivity index (χ1v) is 12.3. The van der Waals surface area contributed by atoms with Gasteiger partial charge in [0.25, 0.3) is 0 Å². The summed E-state index contributed by atoms with van der Waals surface area (Å²) in [5.74, 6) is 1.35. The van der Waals surface area contributed by atoms with Gasteiger partial charge in [0.2, 0.25) is 0 Å². The summed E-state index contributed by atoms with van der Waals surface area (Å²) in [4.78, 5) is 17.4. The van der Waals surface area contributed by atoms with Crippen LogP contribution in [0.25, 0.3) is 22.0 Å². The maximum absolute atomic E-state index is 13.9. The number of Topliss-reactive ketones (excluding diaryl/α,β-unsaturated/α-hetero) is 1.